The molecule has 6 nitrogen and oxygen atoms in total. The predicted octanol–water partition coefficient (Wildman–Crippen LogP) is 4.95. The third kappa shape index (κ3) is 3.86. The summed E-state index contributed by atoms with van der Waals surface area (Å²) in [7, 11) is 0. The van der Waals surface area contributed by atoms with Gasteiger partial charge in [-0.15, -0.1) is 0 Å². The molecule has 168 valence electrons. The standard InChI is InChI=1S/C27H27N3O3/c1-3-29(4-2)19-11-12-21-25(15-19)33-17-18-14-22-20-8-5-6-9-24(20)30(13-7-10-26(31)32)16-23(22)28-27(18)21/h5-6,8-9,11-12,14-16H,3-4,7,10,13,17H2,1-2H3/p+1. The monoisotopic (exact) mass is 442 g/mol. The Hall–Kier alpha value is -3.67. The number of ether oxygens (including phenoxy) is 1. The number of pyridine rings is 2. The lowest BCUT2D eigenvalue weighted by Crippen LogP contribution is -2.34. The van der Waals surface area contributed by atoms with Gasteiger partial charge in [-0.3, -0.25) is 4.79 Å². The maximum Gasteiger partial charge on any atom is 0.303 e. The van der Waals surface area contributed by atoms with Crippen LogP contribution in [0.15, 0.2) is 54.7 Å². The molecule has 0 fully saturated rings. The fourth-order valence-corrected chi connectivity index (χ4v) is 4.75. The smallest absolute Gasteiger partial charge is 0.303 e. The van der Waals surface area contributed by atoms with Crippen LogP contribution in [0.2, 0.25) is 0 Å². The molecule has 0 atom stereocenters. The van der Waals surface area contributed by atoms with Gasteiger partial charge in [-0.2, -0.15) is 4.57 Å². The first-order valence-electron chi connectivity index (χ1n) is 11.6. The Morgan fingerprint density at radius 2 is 1.94 bits per heavy atom. The number of aromatic nitrogens is 2. The predicted molar refractivity (Wildman–Crippen MR) is 130 cm³/mol. The zero-order valence-electron chi connectivity index (χ0n) is 19.0. The molecule has 1 aliphatic rings. The van der Waals surface area contributed by atoms with E-state index in [9.17, 15) is 4.79 Å². The number of carboxylic acids is 1. The SMILES string of the molecule is CCN(CC)c1ccc2c(c1)OCc1cc3c(c[n+](CCCC(=O)O)c4ccccc34)nc1-2. The van der Waals surface area contributed by atoms with Crippen LogP contribution in [0.1, 0.15) is 32.3 Å². The van der Waals surface area contributed by atoms with Crippen LogP contribution in [-0.4, -0.2) is 29.1 Å². The Bertz CT molecular complexity index is 1360. The number of fused-ring (bicyclic) bond motifs is 6. The van der Waals surface area contributed by atoms with Crippen LogP contribution in [0.25, 0.3) is 33.1 Å². The number of nitrogens with zero attached hydrogens (tertiary/aromatic N) is 3. The number of benzene rings is 2. The minimum absolute atomic E-state index is 0.149. The van der Waals surface area contributed by atoms with Crippen molar-refractivity contribution < 1.29 is 19.2 Å². The van der Waals surface area contributed by atoms with Crippen LogP contribution < -0.4 is 14.2 Å². The summed E-state index contributed by atoms with van der Waals surface area (Å²) < 4.78 is 8.29. The quantitative estimate of drug-likeness (QED) is 0.324. The molecule has 0 amide bonds. The normalized spacial score (nSPS) is 12.3. The number of hydrogen-bond acceptors (Lipinski definition) is 4. The molecule has 0 unspecified atom stereocenters. The maximum atomic E-state index is 11.0. The van der Waals surface area contributed by atoms with Crippen molar-refractivity contribution in [1.82, 2.24) is 4.98 Å². The summed E-state index contributed by atoms with van der Waals surface area (Å²) in [6, 6.07) is 16.8. The van der Waals surface area contributed by atoms with Crippen LogP contribution >= 0.6 is 0 Å². The highest BCUT2D eigenvalue weighted by Gasteiger charge is 2.23. The Morgan fingerprint density at radius 3 is 2.73 bits per heavy atom. The number of aliphatic carboxylic acids is 1. The zero-order valence-corrected chi connectivity index (χ0v) is 19.0. The van der Waals surface area contributed by atoms with Crippen molar-refractivity contribution in [3.8, 4) is 17.0 Å². The van der Waals surface area contributed by atoms with Gasteiger partial charge >= 0.3 is 5.97 Å². The molecule has 2 aromatic heterocycles. The van der Waals surface area contributed by atoms with Crippen molar-refractivity contribution in [2.75, 3.05) is 18.0 Å². The van der Waals surface area contributed by atoms with Crippen molar-refractivity contribution in [1.29, 1.82) is 0 Å². The van der Waals surface area contributed by atoms with Gasteiger partial charge in [0, 0.05) is 53.8 Å². The van der Waals surface area contributed by atoms with Crippen LogP contribution in [0, 0.1) is 0 Å². The molecule has 0 spiro atoms. The lowest BCUT2D eigenvalue weighted by atomic mass is 9.99. The van der Waals surface area contributed by atoms with E-state index in [1.54, 1.807) is 0 Å². The Morgan fingerprint density at radius 1 is 1.12 bits per heavy atom. The maximum absolute atomic E-state index is 11.0. The van der Waals surface area contributed by atoms with E-state index < -0.39 is 5.97 Å². The van der Waals surface area contributed by atoms with Crippen molar-refractivity contribution in [3.63, 3.8) is 0 Å². The second-order valence-electron chi connectivity index (χ2n) is 8.41. The highest BCUT2D eigenvalue weighted by atomic mass is 16.5. The minimum atomic E-state index is -0.770. The summed E-state index contributed by atoms with van der Waals surface area (Å²) in [5, 5.41) is 11.3. The zero-order chi connectivity index (χ0) is 22.9. The van der Waals surface area contributed by atoms with Crippen LogP contribution in [-0.2, 0) is 17.9 Å². The number of rotatable bonds is 7. The Labute approximate surface area is 193 Å². The molecular formula is C27H28N3O3+. The summed E-state index contributed by atoms with van der Waals surface area (Å²) in [5.74, 6) is 0.0995. The number of hydrogen-bond donors (Lipinski definition) is 1. The molecule has 1 aliphatic heterocycles. The van der Waals surface area contributed by atoms with Crippen molar-refractivity contribution in [2.45, 2.75) is 39.8 Å². The number of carboxylic acid groups (broad SMARTS) is 1. The van der Waals surface area contributed by atoms with E-state index in [1.807, 2.05) is 12.1 Å². The lowest BCUT2D eigenvalue weighted by Gasteiger charge is -2.25. The molecule has 6 heteroatoms. The molecule has 0 bridgehead atoms. The highest BCUT2D eigenvalue weighted by Crippen LogP contribution is 2.40. The Balaban J connectivity index is 1.63. The number of aryl methyl sites for hydroxylation is 1. The van der Waals surface area contributed by atoms with Crippen molar-refractivity contribution in [3.05, 3.63) is 60.3 Å². The molecular weight excluding hydrogens is 414 g/mol. The van der Waals surface area contributed by atoms with Crippen LogP contribution in [0.3, 0.4) is 0 Å². The highest BCUT2D eigenvalue weighted by molar-refractivity contribution is 6.03. The molecule has 0 radical (unpaired) electrons. The molecule has 5 rings (SSSR count). The third-order valence-electron chi connectivity index (χ3n) is 6.43. The van der Waals surface area contributed by atoms with Gasteiger partial charge in [0.25, 0.3) is 0 Å². The molecule has 3 heterocycles. The summed E-state index contributed by atoms with van der Waals surface area (Å²) in [6.45, 7) is 7.34. The Kier molecular flexibility index (Phi) is 5.58. The average molecular weight is 443 g/mol. The van der Waals surface area contributed by atoms with Crippen LogP contribution in [0.4, 0.5) is 5.69 Å². The van der Waals surface area contributed by atoms with Gasteiger partial charge in [0.2, 0.25) is 5.52 Å². The van der Waals surface area contributed by atoms with Gasteiger partial charge < -0.3 is 14.7 Å². The minimum Gasteiger partial charge on any atom is -0.488 e. The van der Waals surface area contributed by atoms with Gasteiger partial charge in [0.1, 0.15) is 24.4 Å². The van der Waals surface area contributed by atoms with E-state index >= 15 is 0 Å². The molecule has 0 aliphatic carbocycles. The largest absolute Gasteiger partial charge is 0.488 e. The molecule has 2 aromatic carbocycles. The van der Waals surface area contributed by atoms with E-state index in [-0.39, 0.29) is 6.42 Å². The topological polar surface area (TPSA) is 66.5 Å². The second-order valence-corrected chi connectivity index (χ2v) is 8.41. The second kappa shape index (κ2) is 8.70. The molecule has 4 aromatic rings. The summed E-state index contributed by atoms with van der Waals surface area (Å²) in [4.78, 5) is 18.4. The van der Waals surface area contributed by atoms with Crippen molar-refractivity contribution in [2.24, 2.45) is 0 Å². The fraction of sp³-hybridized carbons (Fsp3) is 0.296. The lowest BCUT2D eigenvalue weighted by molar-refractivity contribution is -0.670. The van der Waals surface area contributed by atoms with E-state index in [0.717, 1.165) is 63.2 Å². The number of para-hydroxylation sites is 1. The molecule has 1 N–H and O–H groups in total. The van der Waals surface area contributed by atoms with Crippen molar-refractivity contribution >= 4 is 33.5 Å². The number of carbonyl (C=O) groups is 1. The first kappa shape index (κ1) is 21.2. The van der Waals surface area contributed by atoms with E-state index in [1.165, 1.54) is 0 Å². The van der Waals surface area contributed by atoms with E-state index in [0.29, 0.717) is 19.6 Å². The van der Waals surface area contributed by atoms with E-state index in [4.69, 9.17) is 14.8 Å². The first-order chi connectivity index (χ1) is 16.1. The van der Waals surface area contributed by atoms with E-state index in [2.05, 4.69) is 65.9 Å². The van der Waals surface area contributed by atoms with Gasteiger partial charge in [-0.25, -0.2) is 4.98 Å². The third-order valence-corrected chi connectivity index (χ3v) is 6.43. The fourth-order valence-electron chi connectivity index (χ4n) is 4.75. The molecule has 33 heavy (non-hydrogen) atoms. The van der Waals surface area contributed by atoms with Gasteiger partial charge in [-0.05, 0) is 38.1 Å². The van der Waals surface area contributed by atoms with Gasteiger partial charge in [0.15, 0.2) is 6.20 Å². The molecule has 0 saturated heterocycles. The van der Waals surface area contributed by atoms with Crippen LogP contribution in [0.5, 0.6) is 5.75 Å². The number of anilines is 1. The van der Waals surface area contributed by atoms with Gasteiger partial charge in [-0.1, -0.05) is 12.1 Å². The van der Waals surface area contributed by atoms with Gasteiger partial charge in [0.05, 0.1) is 17.5 Å². The summed E-state index contributed by atoms with van der Waals surface area (Å²) >= 11 is 0. The first-order valence-corrected chi connectivity index (χ1v) is 11.6. The summed E-state index contributed by atoms with van der Waals surface area (Å²) in [6.07, 6.45) is 2.78. The summed E-state index contributed by atoms with van der Waals surface area (Å²) in [5.41, 5.74) is 6.20. The average Bonchev–Trinajstić information content (AvgIpc) is 2.83. The molecule has 0 saturated carbocycles.